The summed E-state index contributed by atoms with van der Waals surface area (Å²) in [5.41, 5.74) is 3.18. The van der Waals surface area contributed by atoms with E-state index in [2.05, 4.69) is 31.4 Å². The Kier molecular flexibility index (Phi) is 6.44. The van der Waals surface area contributed by atoms with Crippen molar-refractivity contribution >= 4 is 29.2 Å². The minimum Gasteiger partial charge on any atom is -0.478 e. The van der Waals surface area contributed by atoms with Crippen LogP contribution in [-0.2, 0) is 5.41 Å². The van der Waals surface area contributed by atoms with Gasteiger partial charge in [0.25, 0.3) is 11.8 Å². The fourth-order valence-corrected chi connectivity index (χ4v) is 3.30. The Morgan fingerprint density at radius 1 is 0.719 bits per heavy atom. The molecule has 3 N–H and O–H groups in total. The number of aromatic carboxylic acids is 1. The highest BCUT2D eigenvalue weighted by Gasteiger charge is 2.18. The molecule has 0 saturated carbocycles. The van der Waals surface area contributed by atoms with Crippen molar-refractivity contribution in [3.63, 3.8) is 0 Å². The van der Waals surface area contributed by atoms with Gasteiger partial charge in [-0.2, -0.15) is 0 Å². The van der Waals surface area contributed by atoms with Crippen LogP contribution >= 0.6 is 0 Å². The first-order valence-electron chi connectivity index (χ1n) is 10.2. The van der Waals surface area contributed by atoms with Crippen molar-refractivity contribution in [3.8, 4) is 0 Å². The molecule has 3 rings (SSSR count). The van der Waals surface area contributed by atoms with Crippen LogP contribution in [0.1, 0.15) is 63.0 Å². The zero-order valence-corrected chi connectivity index (χ0v) is 18.5. The van der Waals surface area contributed by atoms with E-state index in [0.29, 0.717) is 22.5 Å². The standard InChI is InChI=1S/C26H26N2O4/c1-16-19(25(31)32)9-7-11-21(16)27-24(30)20-8-5-6-10-22(20)28-23(29)17-12-14-18(15-13-17)26(2,3)4/h5-15H,1-4H3,(H,27,30)(H,28,29)(H,31,32). The van der Waals surface area contributed by atoms with Crippen molar-refractivity contribution in [2.45, 2.75) is 33.1 Å². The lowest BCUT2D eigenvalue weighted by Crippen LogP contribution is -2.19. The minimum atomic E-state index is -1.07. The maximum absolute atomic E-state index is 12.9. The number of anilines is 2. The first-order chi connectivity index (χ1) is 15.1. The molecular weight excluding hydrogens is 404 g/mol. The van der Waals surface area contributed by atoms with Crippen molar-refractivity contribution in [1.29, 1.82) is 0 Å². The van der Waals surface area contributed by atoms with Crippen LogP contribution in [0.25, 0.3) is 0 Å². The van der Waals surface area contributed by atoms with E-state index in [1.165, 1.54) is 6.07 Å². The van der Waals surface area contributed by atoms with Crippen molar-refractivity contribution in [1.82, 2.24) is 0 Å². The fourth-order valence-electron chi connectivity index (χ4n) is 3.30. The van der Waals surface area contributed by atoms with E-state index in [4.69, 9.17) is 0 Å². The molecule has 0 saturated heterocycles. The average Bonchev–Trinajstić information content (AvgIpc) is 2.74. The fraction of sp³-hybridized carbons (Fsp3) is 0.192. The lowest BCUT2D eigenvalue weighted by Gasteiger charge is -2.19. The van der Waals surface area contributed by atoms with Gasteiger partial charge in [0.2, 0.25) is 0 Å². The number of rotatable bonds is 5. The van der Waals surface area contributed by atoms with Gasteiger partial charge in [-0.15, -0.1) is 0 Å². The number of carbonyl (C=O) groups excluding carboxylic acids is 2. The number of hydrogen-bond donors (Lipinski definition) is 3. The Morgan fingerprint density at radius 3 is 1.91 bits per heavy atom. The first-order valence-corrected chi connectivity index (χ1v) is 10.2. The second-order valence-electron chi connectivity index (χ2n) is 8.56. The zero-order valence-electron chi connectivity index (χ0n) is 18.5. The third kappa shape index (κ3) is 5.03. The minimum absolute atomic E-state index is 0.0181. The summed E-state index contributed by atoms with van der Waals surface area (Å²) in [5.74, 6) is -1.84. The van der Waals surface area contributed by atoms with E-state index in [1.54, 1.807) is 55.5 Å². The number of amides is 2. The topological polar surface area (TPSA) is 95.5 Å². The number of hydrogen-bond acceptors (Lipinski definition) is 3. The summed E-state index contributed by atoms with van der Waals surface area (Å²) in [6.07, 6.45) is 0. The van der Waals surface area contributed by atoms with E-state index in [0.717, 1.165) is 5.56 Å². The van der Waals surface area contributed by atoms with Crippen LogP contribution < -0.4 is 10.6 Å². The van der Waals surface area contributed by atoms with Gasteiger partial charge in [0, 0.05) is 11.3 Å². The van der Waals surface area contributed by atoms with Gasteiger partial charge in [-0.1, -0.05) is 51.1 Å². The Bertz CT molecular complexity index is 1180. The van der Waals surface area contributed by atoms with Gasteiger partial charge >= 0.3 is 5.97 Å². The Morgan fingerprint density at radius 2 is 1.28 bits per heavy atom. The highest BCUT2D eigenvalue weighted by molar-refractivity contribution is 6.13. The second-order valence-corrected chi connectivity index (χ2v) is 8.56. The number of carboxylic acids is 1. The van der Waals surface area contributed by atoms with Gasteiger partial charge in [-0.25, -0.2) is 4.79 Å². The van der Waals surface area contributed by atoms with Crippen LogP contribution in [0.3, 0.4) is 0 Å². The Balaban J connectivity index is 1.82. The molecule has 0 heterocycles. The van der Waals surface area contributed by atoms with Crippen LogP contribution in [0.15, 0.2) is 66.7 Å². The average molecular weight is 431 g/mol. The highest BCUT2D eigenvalue weighted by Crippen LogP contribution is 2.24. The number of benzene rings is 3. The largest absolute Gasteiger partial charge is 0.478 e. The zero-order chi connectivity index (χ0) is 23.5. The molecule has 0 unspecified atom stereocenters. The molecule has 0 fully saturated rings. The van der Waals surface area contributed by atoms with E-state index in [-0.39, 0.29) is 22.4 Å². The highest BCUT2D eigenvalue weighted by atomic mass is 16.4. The van der Waals surface area contributed by atoms with Crippen LogP contribution in [0.5, 0.6) is 0 Å². The molecule has 0 aromatic heterocycles. The van der Waals surface area contributed by atoms with Crippen molar-refractivity contribution in [3.05, 3.63) is 94.5 Å². The first kappa shape index (κ1) is 22.7. The smallest absolute Gasteiger partial charge is 0.336 e. The van der Waals surface area contributed by atoms with Gasteiger partial charge in [-0.3, -0.25) is 9.59 Å². The number of nitrogens with one attached hydrogen (secondary N) is 2. The molecule has 3 aromatic rings. The molecule has 164 valence electrons. The molecule has 0 bridgehead atoms. The normalized spacial score (nSPS) is 11.0. The van der Waals surface area contributed by atoms with Crippen molar-refractivity contribution < 1.29 is 19.5 Å². The number of carbonyl (C=O) groups is 3. The summed E-state index contributed by atoms with van der Waals surface area (Å²) >= 11 is 0. The molecule has 32 heavy (non-hydrogen) atoms. The molecule has 6 heteroatoms. The summed E-state index contributed by atoms with van der Waals surface area (Å²) in [6, 6.07) is 18.7. The van der Waals surface area contributed by atoms with Gasteiger partial charge in [0.05, 0.1) is 16.8 Å². The maximum Gasteiger partial charge on any atom is 0.336 e. The monoisotopic (exact) mass is 430 g/mol. The van der Waals surface area contributed by atoms with Crippen LogP contribution in [0.4, 0.5) is 11.4 Å². The molecule has 3 aromatic carbocycles. The molecule has 0 atom stereocenters. The maximum atomic E-state index is 12.9. The Labute approximate surface area is 187 Å². The van der Waals surface area contributed by atoms with Crippen LogP contribution in [-0.4, -0.2) is 22.9 Å². The molecule has 0 aliphatic carbocycles. The molecule has 0 aliphatic heterocycles. The van der Waals surface area contributed by atoms with Crippen LogP contribution in [0, 0.1) is 6.92 Å². The Hall–Kier alpha value is -3.93. The quantitative estimate of drug-likeness (QED) is 0.498. The van der Waals surface area contributed by atoms with E-state index < -0.39 is 11.9 Å². The van der Waals surface area contributed by atoms with Crippen molar-refractivity contribution in [2.24, 2.45) is 0 Å². The number of para-hydroxylation sites is 1. The summed E-state index contributed by atoms with van der Waals surface area (Å²) in [5, 5.41) is 14.8. The summed E-state index contributed by atoms with van der Waals surface area (Å²) in [6.45, 7) is 7.94. The summed E-state index contributed by atoms with van der Waals surface area (Å²) in [7, 11) is 0. The summed E-state index contributed by atoms with van der Waals surface area (Å²) in [4.78, 5) is 37.1. The van der Waals surface area contributed by atoms with Crippen LogP contribution in [0.2, 0.25) is 0 Å². The predicted octanol–water partition coefficient (Wildman–Crippen LogP) is 5.50. The van der Waals surface area contributed by atoms with Gasteiger partial charge in [0.1, 0.15) is 0 Å². The third-order valence-electron chi connectivity index (χ3n) is 5.25. The molecule has 0 aliphatic rings. The third-order valence-corrected chi connectivity index (χ3v) is 5.25. The van der Waals surface area contributed by atoms with Crippen molar-refractivity contribution in [2.75, 3.05) is 10.6 Å². The summed E-state index contributed by atoms with van der Waals surface area (Å²) < 4.78 is 0. The van der Waals surface area contributed by atoms with E-state index >= 15 is 0 Å². The van der Waals surface area contributed by atoms with E-state index in [1.807, 2.05) is 12.1 Å². The number of carboxylic acid groups (broad SMARTS) is 1. The lowest BCUT2D eigenvalue weighted by molar-refractivity contribution is 0.0695. The lowest BCUT2D eigenvalue weighted by atomic mass is 9.86. The SMILES string of the molecule is Cc1c(NC(=O)c2ccccc2NC(=O)c2ccc(C(C)(C)C)cc2)cccc1C(=O)O. The molecule has 0 radical (unpaired) electrons. The van der Waals surface area contributed by atoms with E-state index in [9.17, 15) is 19.5 Å². The molecular formula is C26H26N2O4. The second kappa shape index (κ2) is 9.06. The van der Waals surface area contributed by atoms with Gasteiger partial charge < -0.3 is 15.7 Å². The molecule has 6 nitrogen and oxygen atoms in total. The predicted molar refractivity (Wildman–Crippen MR) is 126 cm³/mol. The van der Waals surface area contributed by atoms with Gasteiger partial charge in [0.15, 0.2) is 0 Å². The van der Waals surface area contributed by atoms with Gasteiger partial charge in [-0.05, 0) is 59.9 Å². The molecule has 2 amide bonds. The molecule has 0 spiro atoms.